The topological polar surface area (TPSA) is 240 Å². The van der Waals surface area contributed by atoms with Gasteiger partial charge in [-0.05, 0) is 509 Å². The number of ketones is 1. The number of fused-ring (bicyclic) bond motifs is 20. The molecule has 0 bridgehead atoms. The first-order chi connectivity index (χ1) is 59.7. The first kappa shape index (κ1) is 113. The Labute approximate surface area is 826 Å². The molecule has 0 heterocycles. The van der Waals surface area contributed by atoms with Crippen LogP contribution in [0.4, 0.5) is 0 Å². The molecule has 1 unspecified atom stereocenters. The summed E-state index contributed by atoms with van der Waals surface area (Å²) in [7, 11) is 1.00. The van der Waals surface area contributed by atoms with E-state index in [0.717, 1.165) is 161 Å². The van der Waals surface area contributed by atoms with E-state index < -0.39 is 61.6 Å². The van der Waals surface area contributed by atoms with Crippen LogP contribution in [0.1, 0.15) is 444 Å². The second-order valence-corrected chi connectivity index (χ2v) is 56.3. The summed E-state index contributed by atoms with van der Waals surface area (Å²) in [6.45, 7) is 61.3. The molecule has 0 spiro atoms. The van der Waals surface area contributed by atoms with E-state index in [1.165, 1.54) is 119 Å². The van der Waals surface area contributed by atoms with E-state index in [2.05, 4.69) is 162 Å². The van der Waals surface area contributed by atoms with Gasteiger partial charge in [-0.15, -0.1) is 0 Å². The first-order valence-corrected chi connectivity index (χ1v) is 56.6. The molecule has 0 radical (unpaired) electrons. The van der Waals surface area contributed by atoms with E-state index in [1.807, 2.05) is 68.1 Å². The second-order valence-electron chi connectivity index (χ2n) is 54.8. The summed E-state index contributed by atoms with van der Waals surface area (Å²) >= 11 is 4.37. The fourth-order valence-electron chi connectivity index (χ4n) is 35.9. The molecule has 12 fully saturated rings. The van der Waals surface area contributed by atoms with Crippen molar-refractivity contribution in [1.82, 2.24) is 0 Å². The Kier molecular flexibility index (Phi) is 34.3. The van der Waals surface area contributed by atoms with E-state index in [4.69, 9.17) is 0 Å². The van der Waals surface area contributed by atoms with Crippen LogP contribution in [0.2, 0.25) is 0 Å². The molecule has 0 saturated heterocycles. The van der Waals surface area contributed by atoms with E-state index in [-0.39, 0.29) is 75.5 Å². The SMILES string of the molecule is CC[C@]1(O)CC[C@@]2(C)C(=CC(=O)[C@H]3[C@@H]4CC[C@H]([C@H](C)CCC(C)(C)O)[C@@]4(C)CC[C@@H]32)C1.CC[C@]1(O)CC[C@@]2(C)C(=CC(C)(O)[C@H]3[C@@H]4CC[C@H]([C@H](C)CCC(C)(C)O)[C@@]4(C)CC[C@@H]32)C1.CC[C@]1(O)CC[C@@]2(C)C(=C[C@@](C)(O)[C@H]3[C@@H]4CC[C@H]([C@H](C)CCC(C)(C)O)[C@@]4(C)CC[C@@H]32)C1.CC[C@]1(O)CC[C@@]2(C)C(=C[C@](C)(O)[C@H]3[C@@H]4CC[C@H]([C@H](C)CCC(C)(C)O)[C@@]4(C)CC[C@@H]32)C1.CP=S.[CH3-].[Li+]. The molecule has 0 aromatic heterocycles. The van der Waals surface area contributed by atoms with Gasteiger partial charge in [-0.2, -0.15) is 0 Å². The summed E-state index contributed by atoms with van der Waals surface area (Å²) in [5.41, 5.74) is -0.327. The van der Waals surface area contributed by atoms with E-state index in [0.29, 0.717) is 125 Å². The Bertz CT molecular complexity index is 3780. The predicted molar refractivity (Wildman–Crippen MR) is 546 cm³/mol. The van der Waals surface area contributed by atoms with Crippen LogP contribution in [0.15, 0.2) is 46.6 Å². The minimum absolute atomic E-state index is 0. The van der Waals surface area contributed by atoms with Gasteiger partial charge in [0.1, 0.15) is 0 Å². The Morgan fingerprint density at radius 1 is 0.341 bits per heavy atom. The summed E-state index contributed by atoms with van der Waals surface area (Å²) in [6, 6.07) is 0. The van der Waals surface area contributed by atoms with Crippen molar-refractivity contribution in [2.24, 2.45) is 162 Å². The number of allylic oxidation sites excluding steroid dienone is 1. The van der Waals surface area contributed by atoms with E-state index >= 15 is 0 Å². The molecule has 754 valence electrons. The van der Waals surface area contributed by atoms with Gasteiger partial charge in [0.25, 0.3) is 0 Å². The molecule has 132 heavy (non-hydrogen) atoms. The van der Waals surface area contributed by atoms with Gasteiger partial charge in [-0.25, -0.2) is 0 Å². The minimum Gasteiger partial charge on any atom is -0.390 e. The molecule has 16 aliphatic carbocycles. The summed E-state index contributed by atoms with van der Waals surface area (Å²) < 4.78 is 0. The van der Waals surface area contributed by atoms with Crippen LogP contribution in [0.5, 0.6) is 0 Å². The van der Waals surface area contributed by atoms with Crippen LogP contribution in [0.25, 0.3) is 0 Å². The quantitative estimate of drug-likeness (QED) is 0.0236. The maximum atomic E-state index is 13.6. The minimum atomic E-state index is -0.789. The third kappa shape index (κ3) is 21.8. The van der Waals surface area contributed by atoms with Gasteiger partial charge in [0.05, 0.1) is 61.6 Å². The van der Waals surface area contributed by atoms with Gasteiger partial charge in [0, 0.05) is 5.92 Å². The number of aliphatic hydroxyl groups is 11. The molecule has 0 aromatic rings. The Balaban J connectivity index is 0.000000180. The smallest absolute Gasteiger partial charge is 0.390 e. The van der Waals surface area contributed by atoms with Gasteiger partial charge in [0.15, 0.2) is 5.78 Å². The summed E-state index contributed by atoms with van der Waals surface area (Å²) in [5.74, 6) is 10.8. The van der Waals surface area contributed by atoms with Crippen molar-refractivity contribution in [3.05, 3.63) is 54.0 Å². The zero-order chi connectivity index (χ0) is 96.8. The first-order valence-electron chi connectivity index (χ1n) is 54.3. The molecule has 12 saturated carbocycles. The number of carbonyl (C=O) groups is 1. The zero-order valence-corrected chi connectivity index (χ0v) is 92.0. The van der Waals surface area contributed by atoms with Crippen molar-refractivity contribution in [1.29, 1.82) is 0 Å². The van der Waals surface area contributed by atoms with Crippen molar-refractivity contribution in [2.75, 3.05) is 6.66 Å². The van der Waals surface area contributed by atoms with Crippen molar-refractivity contribution in [3.8, 4) is 0 Å². The molecule has 15 heteroatoms. The third-order valence-corrected chi connectivity index (χ3v) is 44.4. The van der Waals surface area contributed by atoms with E-state index in [9.17, 15) is 61.0 Å². The van der Waals surface area contributed by atoms with Crippen LogP contribution in [-0.4, -0.2) is 130 Å². The molecular formula is C117H202LiO12PS. The molecular weight excluding hydrogens is 1670 g/mol. The molecule has 12 nitrogen and oxygen atoms in total. The van der Waals surface area contributed by atoms with Gasteiger partial charge in [-0.3, -0.25) is 4.79 Å². The monoisotopic (exact) mass is 1870 g/mol. The standard InChI is InChI=1S/3C29H50O3.C28H46O3.CH3PS.CH3.Li/c3*1-8-29(32)16-15-26(5)20(18-29)17-28(7,31)24-22-10-9-21(19(2)11-13-25(3,4)30)27(22,6)14-12-23(24)26;1-7-28(31)15-14-26(5)19(17-28)16-23(29)24-21-9-8-20(18(2)10-12-25(3,4)30)27(21,6)13-11-22(24)26;1-2-3;;/h3*17,19,21-24,30-32H,8-16,18H2,1-7H3;16,18,20-22,24,30-31H,7-15,17H2,1-6H3;1H3;1H3;/q;;;;;-1;+1/t19-,21-,22+,23+,24+,26+,27-,28?,29+;19-,21-,22+,23+,24+,26+,27-,28+,29+;19-,21-,22+,23+,24+,26+,27-,28-,29+;18-,20-,21+,22+,24+,26+,27-,28+;;;/m1111.../s1. The van der Waals surface area contributed by atoms with Crippen LogP contribution < -0.4 is 18.9 Å². The average molecular weight is 1870 g/mol. The summed E-state index contributed by atoms with van der Waals surface area (Å²) in [4.78, 5) is 13.6. The Morgan fingerprint density at radius 3 is 0.788 bits per heavy atom. The van der Waals surface area contributed by atoms with Crippen LogP contribution in [0.3, 0.4) is 0 Å². The van der Waals surface area contributed by atoms with Crippen molar-refractivity contribution in [3.63, 3.8) is 0 Å². The normalized spacial score (nSPS) is 47.1. The molecule has 0 amide bonds. The molecule has 11 N–H and O–H groups in total. The zero-order valence-electron chi connectivity index (χ0n) is 90.3. The van der Waals surface area contributed by atoms with Gasteiger partial charge in [-0.1, -0.05) is 163 Å². The van der Waals surface area contributed by atoms with Crippen LogP contribution in [0, 0.1) is 169 Å². The maximum absolute atomic E-state index is 13.6. The largest absolute Gasteiger partial charge is 1.00 e. The van der Waals surface area contributed by atoms with Crippen molar-refractivity contribution in [2.45, 2.75) is 505 Å². The predicted octanol–water partition coefficient (Wildman–Crippen LogP) is 23.3. The Morgan fingerprint density at radius 2 is 0.553 bits per heavy atom. The van der Waals surface area contributed by atoms with Gasteiger partial charge in [0.2, 0.25) is 0 Å². The molecule has 35 atom stereocenters. The van der Waals surface area contributed by atoms with Crippen LogP contribution in [-0.2, 0) is 16.6 Å². The molecule has 0 aromatic carbocycles. The fourth-order valence-corrected chi connectivity index (χ4v) is 35.9. The number of rotatable bonds is 20. The number of hydrogen-bond donors (Lipinski definition) is 11. The molecule has 16 aliphatic rings. The fraction of sp³-hybridized carbons (Fsp3) is 0.915. The summed E-state index contributed by atoms with van der Waals surface area (Å²) in [5, 5.41) is 121. The van der Waals surface area contributed by atoms with Gasteiger partial charge < -0.3 is 63.6 Å². The third-order valence-electron chi connectivity index (χ3n) is 44.4. The number of hydrogen-bond acceptors (Lipinski definition) is 13. The van der Waals surface area contributed by atoms with E-state index in [1.54, 1.807) is 0 Å². The van der Waals surface area contributed by atoms with Gasteiger partial charge >= 0.3 is 18.9 Å². The van der Waals surface area contributed by atoms with Crippen molar-refractivity contribution >= 4 is 24.9 Å². The Hall–Kier alpha value is -0.693. The average Bonchev–Trinajstić information content (AvgIpc) is 1.30. The molecule has 0 aliphatic heterocycles. The van der Waals surface area contributed by atoms with Crippen LogP contribution >= 0.6 is 7.36 Å². The van der Waals surface area contributed by atoms with Crippen molar-refractivity contribution < 1.29 is 79.8 Å². The molecule has 16 rings (SSSR count). The second kappa shape index (κ2) is 40.0. The summed E-state index contributed by atoms with van der Waals surface area (Å²) in [6.07, 6.45) is 49.7. The number of carbonyl (C=O) groups excluding carboxylic acids is 1. The maximum Gasteiger partial charge on any atom is 1.00 e.